The molecule has 0 radical (unpaired) electrons. The third-order valence-electron chi connectivity index (χ3n) is 3.58. The average Bonchev–Trinajstić information content (AvgIpc) is 2.52. The van der Waals surface area contributed by atoms with Crippen LogP contribution in [0.15, 0.2) is 42.6 Å². The summed E-state index contributed by atoms with van der Waals surface area (Å²) in [6, 6.07) is 11.4. The number of carbonyl (C=O) groups is 1. The zero-order valence-electron chi connectivity index (χ0n) is 11.8. The second kappa shape index (κ2) is 5.54. The van der Waals surface area contributed by atoms with Gasteiger partial charge in [0.1, 0.15) is 5.75 Å². The highest BCUT2D eigenvalue weighted by Crippen LogP contribution is 2.34. The van der Waals surface area contributed by atoms with Crippen LogP contribution in [0.25, 0.3) is 0 Å². The summed E-state index contributed by atoms with van der Waals surface area (Å²) in [6.45, 7) is 2.56. The Morgan fingerprint density at radius 2 is 2.10 bits per heavy atom. The molecule has 1 aliphatic rings. The van der Waals surface area contributed by atoms with Gasteiger partial charge in [-0.1, -0.05) is 18.2 Å². The Kier molecular flexibility index (Phi) is 3.58. The molecule has 2 heterocycles. The molecule has 21 heavy (non-hydrogen) atoms. The maximum absolute atomic E-state index is 12.4. The van der Waals surface area contributed by atoms with Crippen molar-refractivity contribution >= 4 is 11.6 Å². The summed E-state index contributed by atoms with van der Waals surface area (Å²) in [4.78, 5) is 18.4. The molecule has 0 spiro atoms. The quantitative estimate of drug-likeness (QED) is 0.933. The lowest BCUT2D eigenvalue weighted by atomic mass is 10.1. The van der Waals surface area contributed by atoms with Gasteiger partial charge in [-0.15, -0.1) is 0 Å². The monoisotopic (exact) mass is 283 g/mol. The predicted octanol–water partition coefficient (Wildman–Crippen LogP) is 1.85. The number of fused-ring (bicyclic) bond motifs is 1. The lowest BCUT2D eigenvalue weighted by molar-refractivity contribution is -0.125. The van der Waals surface area contributed by atoms with Crippen molar-refractivity contribution in [2.75, 3.05) is 4.90 Å². The molecule has 0 bridgehead atoms. The molecule has 5 nitrogen and oxygen atoms in total. The molecule has 5 heteroatoms. The Labute approximate surface area is 123 Å². The molecule has 0 saturated heterocycles. The third-order valence-corrected chi connectivity index (χ3v) is 3.58. The largest absolute Gasteiger partial charge is 0.479 e. The summed E-state index contributed by atoms with van der Waals surface area (Å²) >= 11 is 0. The number of rotatable bonds is 3. The van der Waals surface area contributed by atoms with Crippen molar-refractivity contribution in [3.63, 3.8) is 0 Å². The first kappa shape index (κ1) is 13.6. The van der Waals surface area contributed by atoms with Gasteiger partial charge < -0.3 is 15.4 Å². The molecule has 1 amide bonds. The van der Waals surface area contributed by atoms with Crippen LogP contribution >= 0.6 is 0 Å². The van der Waals surface area contributed by atoms with E-state index in [1.54, 1.807) is 18.0 Å². The molecule has 1 unspecified atom stereocenters. The number of carbonyl (C=O) groups excluding carboxylic acids is 1. The van der Waals surface area contributed by atoms with Crippen LogP contribution in [0.4, 0.5) is 5.69 Å². The summed E-state index contributed by atoms with van der Waals surface area (Å²) in [5, 5.41) is 0. The number of pyridine rings is 1. The van der Waals surface area contributed by atoms with Crippen LogP contribution in [0.3, 0.4) is 0 Å². The normalized spacial score (nSPS) is 17.3. The summed E-state index contributed by atoms with van der Waals surface area (Å²) < 4.78 is 5.64. The van der Waals surface area contributed by atoms with Crippen molar-refractivity contribution in [2.24, 2.45) is 5.73 Å². The van der Waals surface area contributed by atoms with E-state index >= 15 is 0 Å². The van der Waals surface area contributed by atoms with Crippen LogP contribution in [0, 0.1) is 0 Å². The number of amides is 1. The van der Waals surface area contributed by atoms with Crippen molar-refractivity contribution in [1.82, 2.24) is 4.98 Å². The molecular formula is C16H17N3O2. The van der Waals surface area contributed by atoms with E-state index in [1.807, 2.05) is 36.4 Å². The number of hydrogen-bond acceptors (Lipinski definition) is 4. The number of hydrogen-bond donors (Lipinski definition) is 1. The lowest BCUT2D eigenvalue weighted by Crippen LogP contribution is -2.44. The molecule has 2 N–H and O–H groups in total. The van der Waals surface area contributed by atoms with Gasteiger partial charge in [-0.05, 0) is 30.7 Å². The highest BCUT2D eigenvalue weighted by Gasteiger charge is 2.31. The average molecular weight is 283 g/mol. The number of nitrogens with zero attached hydrogens (tertiary/aromatic N) is 2. The fraction of sp³-hybridized carbons (Fsp3) is 0.250. The van der Waals surface area contributed by atoms with Crippen molar-refractivity contribution in [2.45, 2.75) is 26.1 Å². The van der Waals surface area contributed by atoms with Crippen LogP contribution in [-0.4, -0.2) is 17.0 Å². The van der Waals surface area contributed by atoms with E-state index in [4.69, 9.17) is 10.5 Å². The zero-order chi connectivity index (χ0) is 14.8. The number of anilines is 1. The summed E-state index contributed by atoms with van der Waals surface area (Å²) in [7, 11) is 0. The van der Waals surface area contributed by atoms with Gasteiger partial charge in [0.15, 0.2) is 6.10 Å². The summed E-state index contributed by atoms with van der Waals surface area (Å²) in [6.07, 6.45) is 1.22. The van der Waals surface area contributed by atoms with Crippen LogP contribution in [0.2, 0.25) is 0 Å². The zero-order valence-corrected chi connectivity index (χ0v) is 11.8. The number of para-hydroxylation sites is 2. The Hall–Kier alpha value is -2.40. The maximum atomic E-state index is 12.4. The van der Waals surface area contributed by atoms with E-state index < -0.39 is 6.10 Å². The van der Waals surface area contributed by atoms with Gasteiger partial charge >= 0.3 is 0 Å². The standard InChI is InChI=1S/C16H17N3O2/c1-11-16(20)19(14-6-2-3-7-15(14)21-11)10-12-5-4-8-18-13(12)9-17/h2-8,11H,9-10,17H2,1H3. The maximum Gasteiger partial charge on any atom is 0.268 e. The van der Waals surface area contributed by atoms with Crippen molar-refractivity contribution < 1.29 is 9.53 Å². The van der Waals surface area contributed by atoms with Crippen LogP contribution in [0.1, 0.15) is 18.2 Å². The first-order valence-corrected chi connectivity index (χ1v) is 6.90. The van der Waals surface area contributed by atoms with Gasteiger partial charge in [-0.2, -0.15) is 0 Å². The van der Waals surface area contributed by atoms with E-state index in [-0.39, 0.29) is 5.91 Å². The van der Waals surface area contributed by atoms with Gasteiger partial charge in [0.2, 0.25) is 0 Å². The molecule has 0 fully saturated rings. The van der Waals surface area contributed by atoms with Crippen LogP contribution in [-0.2, 0) is 17.9 Å². The highest BCUT2D eigenvalue weighted by atomic mass is 16.5. The molecule has 1 aromatic carbocycles. The Bertz CT molecular complexity index is 672. The first-order chi connectivity index (χ1) is 10.2. The minimum atomic E-state index is -0.488. The Morgan fingerprint density at radius 3 is 2.90 bits per heavy atom. The third kappa shape index (κ3) is 2.48. The smallest absolute Gasteiger partial charge is 0.268 e. The molecule has 108 valence electrons. The Morgan fingerprint density at radius 1 is 1.29 bits per heavy atom. The first-order valence-electron chi connectivity index (χ1n) is 6.90. The molecule has 1 aromatic heterocycles. The Balaban J connectivity index is 1.99. The second-order valence-electron chi connectivity index (χ2n) is 4.97. The molecule has 1 atom stereocenters. The van der Waals surface area contributed by atoms with Gasteiger partial charge in [0.25, 0.3) is 5.91 Å². The number of aromatic nitrogens is 1. The molecular weight excluding hydrogens is 266 g/mol. The number of benzene rings is 1. The lowest BCUT2D eigenvalue weighted by Gasteiger charge is -2.33. The highest BCUT2D eigenvalue weighted by molar-refractivity contribution is 5.99. The fourth-order valence-corrected chi connectivity index (χ4v) is 2.49. The second-order valence-corrected chi connectivity index (χ2v) is 4.97. The van der Waals surface area contributed by atoms with Crippen molar-refractivity contribution in [1.29, 1.82) is 0 Å². The molecule has 1 aliphatic heterocycles. The molecule has 0 saturated carbocycles. The SMILES string of the molecule is CC1Oc2ccccc2N(Cc2cccnc2CN)C1=O. The fourth-order valence-electron chi connectivity index (χ4n) is 2.49. The predicted molar refractivity (Wildman–Crippen MR) is 79.9 cm³/mol. The number of nitrogens with two attached hydrogens (primary N) is 1. The molecule has 2 aromatic rings. The minimum absolute atomic E-state index is 0.0551. The summed E-state index contributed by atoms with van der Waals surface area (Å²) in [5.74, 6) is 0.670. The van der Waals surface area contributed by atoms with Crippen molar-refractivity contribution in [3.05, 3.63) is 53.9 Å². The van der Waals surface area contributed by atoms with Gasteiger partial charge in [-0.25, -0.2) is 0 Å². The van der Waals surface area contributed by atoms with E-state index in [0.717, 1.165) is 22.7 Å². The van der Waals surface area contributed by atoms with Crippen LogP contribution in [0.5, 0.6) is 5.75 Å². The summed E-state index contributed by atoms with van der Waals surface area (Å²) in [5.41, 5.74) is 8.27. The number of ether oxygens (including phenoxy) is 1. The van der Waals surface area contributed by atoms with Gasteiger partial charge in [0, 0.05) is 12.7 Å². The topological polar surface area (TPSA) is 68.4 Å². The van der Waals surface area contributed by atoms with Gasteiger partial charge in [0.05, 0.1) is 17.9 Å². The molecule has 0 aliphatic carbocycles. The van der Waals surface area contributed by atoms with Crippen LogP contribution < -0.4 is 15.4 Å². The minimum Gasteiger partial charge on any atom is -0.479 e. The molecule has 3 rings (SSSR count). The van der Waals surface area contributed by atoms with E-state index in [2.05, 4.69) is 4.98 Å². The van der Waals surface area contributed by atoms with E-state index in [0.29, 0.717) is 13.1 Å². The van der Waals surface area contributed by atoms with E-state index in [1.165, 1.54) is 0 Å². The van der Waals surface area contributed by atoms with Crippen molar-refractivity contribution in [3.8, 4) is 5.75 Å². The van der Waals surface area contributed by atoms with E-state index in [9.17, 15) is 4.79 Å². The van der Waals surface area contributed by atoms with Gasteiger partial charge in [-0.3, -0.25) is 9.78 Å².